The van der Waals surface area contributed by atoms with E-state index in [2.05, 4.69) is 4.90 Å². The molecule has 2 fully saturated rings. The van der Waals surface area contributed by atoms with E-state index in [1.54, 1.807) is 0 Å². The van der Waals surface area contributed by atoms with Gasteiger partial charge >= 0.3 is 0 Å². The van der Waals surface area contributed by atoms with Gasteiger partial charge in [0.2, 0.25) is 0 Å². The van der Waals surface area contributed by atoms with Crippen LogP contribution in [0.25, 0.3) is 0 Å². The van der Waals surface area contributed by atoms with Gasteiger partial charge in [-0.3, -0.25) is 0 Å². The van der Waals surface area contributed by atoms with E-state index in [0.29, 0.717) is 0 Å². The van der Waals surface area contributed by atoms with Gasteiger partial charge in [0.05, 0.1) is 0 Å². The van der Waals surface area contributed by atoms with Crippen molar-refractivity contribution >= 4 is 0 Å². The lowest BCUT2D eigenvalue weighted by atomic mass is 9.94. The Balaban J connectivity index is 1.80. The van der Waals surface area contributed by atoms with Crippen molar-refractivity contribution in [2.45, 2.75) is 51.0 Å². The fraction of sp³-hybridized carbons (Fsp3) is 1.00. The number of hydrogen-bond donors (Lipinski definition) is 0. The van der Waals surface area contributed by atoms with E-state index in [0.717, 1.165) is 19.3 Å². The Morgan fingerprint density at radius 3 is 2.07 bits per heavy atom. The van der Waals surface area contributed by atoms with Crippen LogP contribution in [0, 0.1) is 0 Å². The Labute approximate surface area is 87.6 Å². The summed E-state index contributed by atoms with van der Waals surface area (Å²) in [5.74, 6) is 0. The van der Waals surface area contributed by atoms with Crippen LogP contribution in [-0.4, -0.2) is 37.2 Å². The van der Waals surface area contributed by atoms with Crippen LogP contribution in [0.5, 0.6) is 0 Å². The van der Waals surface area contributed by atoms with E-state index in [9.17, 15) is 0 Å². The highest BCUT2D eigenvalue weighted by Crippen LogP contribution is 2.23. The Morgan fingerprint density at radius 1 is 0.786 bits per heavy atom. The molecule has 0 aromatic carbocycles. The SMILES string of the molecule is C1CCC(N2CCCOCCC2)CC1. The van der Waals surface area contributed by atoms with Crippen LogP contribution >= 0.6 is 0 Å². The summed E-state index contributed by atoms with van der Waals surface area (Å²) in [6.45, 7) is 4.49. The van der Waals surface area contributed by atoms with Crippen LogP contribution in [0.1, 0.15) is 44.9 Å². The molecule has 0 bridgehead atoms. The molecule has 0 aromatic rings. The maximum atomic E-state index is 5.48. The maximum absolute atomic E-state index is 5.48. The molecule has 0 amide bonds. The van der Waals surface area contributed by atoms with E-state index in [1.807, 2.05) is 0 Å². The van der Waals surface area contributed by atoms with Crippen LogP contribution in [0.3, 0.4) is 0 Å². The van der Waals surface area contributed by atoms with Crippen molar-refractivity contribution in [1.29, 1.82) is 0 Å². The third kappa shape index (κ3) is 2.96. The summed E-state index contributed by atoms with van der Waals surface area (Å²) in [7, 11) is 0. The summed E-state index contributed by atoms with van der Waals surface area (Å²) in [4.78, 5) is 2.72. The van der Waals surface area contributed by atoms with Gasteiger partial charge in [0.1, 0.15) is 0 Å². The van der Waals surface area contributed by atoms with Crippen molar-refractivity contribution in [3.63, 3.8) is 0 Å². The molecule has 0 N–H and O–H groups in total. The zero-order valence-electron chi connectivity index (χ0n) is 9.21. The number of hydrogen-bond acceptors (Lipinski definition) is 2. The summed E-state index contributed by atoms with van der Waals surface area (Å²) in [6.07, 6.45) is 9.73. The van der Waals surface area contributed by atoms with Gasteiger partial charge in [-0.1, -0.05) is 19.3 Å². The van der Waals surface area contributed by atoms with Crippen molar-refractivity contribution < 1.29 is 4.74 Å². The quantitative estimate of drug-likeness (QED) is 0.640. The van der Waals surface area contributed by atoms with Gasteiger partial charge in [-0.05, 0) is 25.7 Å². The monoisotopic (exact) mass is 197 g/mol. The van der Waals surface area contributed by atoms with Gasteiger partial charge in [-0.15, -0.1) is 0 Å². The summed E-state index contributed by atoms with van der Waals surface area (Å²) >= 11 is 0. The van der Waals surface area contributed by atoms with Gasteiger partial charge in [0.25, 0.3) is 0 Å². The Bertz CT molecular complexity index is 146. The first-order valence-electron chi connectivity index (χ1n) is 6.28. The third-order valence-corrected chi connectivity index (χ3v) is 3.56. The zero-order valence-corrected chi connectivity index (χ0v) is 9.21. The zero-order chi connectivity index (χ0) is 9.64. The second-order valence-electron chi connectivity index (χ2n) is 4.65. The number of ether oxygens (including phenoxy) is 1. The molecule has 2 aliphatic rings. The maximum Gasteiger partial charge on any atom is 0.0478 e. The van der Waals surface area contributed by atoms with E-state index < -0.39 is 0 Å². The molecule has 0 unspecified atom stereocenters. The first kappa shape index (κ1) is 10.4. The lowest BCUT2D eigenvalue weighted by Crippen LogP contribution is -2.39. The minimum atomic E-state index is 0.904. The molecule has 2 rings (SSSR count). The molecule has 82 valence electrons. The second kappa shape index (κ2) is 5.72. The predicted octanol–water partition coefficient (Wildman–Crippen LogP) is 2.43. The highest BCUT2D eigenvalue weighted by atomic mass is 16.5. The minimum Gasteiger partial charge on any atom is -0.381 e. The lowest BCUT2D eigenvalue weighted by molar-refractivity contribution is 0.0646. The smallest absolute Gasteiger partial charge is 0.0478 e. The molecule has 0 radical (unpaired) electrons. The highest BCUT2D eigenvalue weighted by Gasteiger charge is 2.20. The van der Waals surface area contributed by atoms with Crippen LogP contribution < -0.4 is 0 Å². The van der Waals surface area contributed by atoms with E-state index in [4.69, 9.17) is 4.74 Å². The molecule has 1 saturated heterocycles. The molecular formula is C12H23NO. The Morgan fingerprint density at radius 2 is 1.43 bits per heavy atom. The van der Waals surface area contributed by atoms with Crippen molar-refractivity contribution in [2.24, 2.45) is 0 Å². The fourth-order valence-electron chi connectivity index (χ4n) is 2.76. The molecule has 1 heterocycles. The van der Waals surface area contributed by atoms with Crippen molar-refractivity contribution in [2.75, 3.05) is 26.3 Å². The Kier molecular flexibility index (Phi) is 4.26. The highest BCUT2D eigenvalue weighted by molar-refractivity contribution is 4.76. The van der Waals surface area contributed by atoms with Gasteiger partial charge in [-0.25, -0.2) is 0 Å². The molecule has 1 saturated carbocycles. The minimum absolute atomic E-state index is 0.904. The van der Waals surface area contributed by atoms with Crippen molar-refractivity contribution in [3.8, 4) is 0 Å². The van der Waals surface area contributed by atoms with E-state index >= 15 is 0 Å². The normalized spacial score (nSPS) is 28.3. The van der Waals surface area contributed by atoms with Gasteiger partial charge in [-0.2, -0.15) is 0 Å². The first-order valence-corrected chi connectivity index (χ1v) is 6.28. The van der Waals surface area contributed by atoms with Crippen LogP contribution in [0.4, 0.5) is 0 Å². The molecule has 0 atom stereocenters. The van der Waals surface area contributed by atoms with Gasteiger partial charge in [0.15, 0.2) is 0 Å². The van der Waals surface area contributed by atoms with Crippen LogP contribution in [-0.2, 0) is 4.74 Å². The summed E-state index contributed by atoms with van der Waals surface area (Å²) in [5.41, 5.74) is 0. The van der Waals surface area contributed by atoms with Crippen molar-refractivity contribution in [3.05, 3.63) is 0 Å². The van der Waals surface area contributed by atoms with E-state index in [1.165, 1.54) is 58.0 Å². The van der Waals surface area contributed by atoms with E-state index in [-0.39, 0.29) is 0 Å². The largest absolute Gasteiger partial charge is 0.381 e. The third-order valence-electron chi connectivity index (χ3n) is 3.56. The molecule has 0 aromatic heterocycles. The summed E-state index contributed by atoms with van der Waals surface area (Å²) < 4.78 is 5.48. The number of rotatable bonds is 1. The number of nitrogens with zero attached hydrogens (tertiary/aromatic N) is 1. The van der Waals surface area contributed by atoms with Crippen LogP contribution in [0.2, 0.25) is 0 Å². The molecule has 1 aliphatic heterocycles. The molecular weight excluding hydrogens is 174 g/mol. The van der Waals surface area contributed by atoms with Gasteiger partial charge < -0.3 is 9.64 Å². The lowest BCUT2D eigenvalue weighted by Gasteiger charge is -2.35. The summed E-state index contributed by atoms with van der Waals surface area (Å²) in [5, 5.41) is 0. The predicted molar refractivity (Wildman–Crippen MR) is 58.5 cm³/mol. The molecule has 0 spiro atoms. The molecule has 1 aliphatic carbocycles. The van der Waals surface area contributed by atoms with Crippen molar-refractivity contribution in [1.82, 2.24) is 4.90 Å². The average Bonchev–Trinajstić information content (AvgIpc) is 2.18. The molecule has 2 nitrogen and oxygen atoms in total. The van der Waals surface area contributed by atoms with Gasteiger partial charge in [0, 0.05) is 32.3 Å². The fourth-order valence-corrected chi connectivity index (χ4v) is 2.76. The molecule has 2 heteroatoms. The van der Waals surface area contributed by atoms with Crippen LogP contribution in [0.15, 0.2) is 0 Å². The Hall–Kier alpha value is -0.0800. The standard InChI is InChI=1S/C12H23NO/c1-2-6-12(7-3-1)13-8-4-10-14-11-5-9-13/h12H,1-11H2. The summed E-state index contributed by atoms with van der Waals surface area (Å²) in [6, 6.07) is 0.904. The topological polar surface area (TPSA) is 12.5 Å². The molecule has 14 heavy (non-hydrogen) atoms. The first-order chi connectivity index (χ1) is 6.97. The average molecular weight is 197 g/mol. The second-order valence-corrected chi connectivity index (χ2v) is 4.65.